The van der Waals surface area contributed by atoms with Crippen molar-refractivity contribution in [1.29, 1.82) is 0 Å². The molecule has 0 saturated heterocycles. The monoisotopic (exact) mass is 211 g/mol. The summed E-state index contributed by atoms with van der Waals surface area (Å²) in [5, 5.41) is 7.82. The van der Waals surface area contributed by atoms with Crippen molar-refractivity contribution in [1.82, 2.24) is 15.2 Å². The van der Waals surface area contributed by atoms with Gasteiger partial charge in [0.2, 0.25) is 4.77 Å². The quantitative estimate of drug-likeness (QED) is 0.750. The molecule has 2 rings (SSSR count). The number of thiophene rings is 1. The molecule has 2 N–H and O–H groups in total. The third kappa shape index (κ3) is 1.57. The minimum absolute atomic E-state index is 0.505. The summed E-state index contributed by atoms with van der Waals surface area (Å²) in [5.74, 6) is 0.844. The van der Waals surface area contributed by atoms with Gasteiger partial charge in [0.15, 0.2) is 5.82 Å². The maximum absolute atomic E-state index is 4.89. The Morgan fingerprint density at radius 2 is 2.38 bits per heavy atom. The summed E-state index contributed by atoms with van der Waals surface area (Å²) in [7, 11) is 0. The molecule has 2 heterocycles. The molecule has 0 radical (unpaired) electrons. The minimum Gasteiger partial charge on any atom is -0.281 e. The van der Waals surface area contributed by atoms with Crippen LogP contribution in [0.4, 0.5) is 0 Å². The molecule has 0 aliphatic carbocycles. The van der Waals surface area contributed by atoms with Gasteiger partial charge in [-0.1, -0.05) is 6.92 Å². The Hall–Kier alpha value is -0.940. The number of H-pyrrole nitrogens is 2. The van der Waals surface area contributed by atoms with E-state index in [0.29, 0.717) is 4.77 Å². The number of nitrogens with one attached hydrogen (secondary N) is 2. The summed E-state index contributed by atoms with van der Waals surface area (Å²) in [6, 6.07) is 2.12. The molecular formula is C8H9N3S2. The Morgan fingerprint density at radius 3 is 3.00 bits per heavy atom. The smallest absolute Gasteiger partial charge is 0.213 e. The summed E-state index contributed by atoms with van der Waals surface area (Å²) in [5.41, 5.74) is 1.31. The van der Waals surface area contributed by atoms with E-state index in [1.807, 2.05) is 0 Å². The first-order valence-electron chi connectivity index (χ1n) is 4.02. The third-order valence-corrected chi connectivity index (χ3v) is 3.00. The summed E-state index contributed by atoms with van der Waals surface area (Å²) < 4.78 is 0.505. The zero-order valence-corrected chi connectivity index (χ0v) is 8.76. The Bertz CT molecular complexity index is 452. The lowest BCUT2D eigenvalue weighted by molar-refractivity contribution is 1.08. The fourth-order valence-corrected chi connectivity index (χ4v) is 2.28. The summed E-state index contributed by atoms with van der Waals surface area (Å²) >= 11 is 6.57. The molecular weight excluding hydrogens is 202 g/mol. The zero-order valence-electron chi connectivity index (χ0n) is 7.13. The molecule has 2 aromatic rings. The van der Waals surface area contributed by atoms with Crippen molar-refractivity contribution >= 4 is 23.6 Å². The van der Waals surface area contributed by atoms with Gasteiger partial charge in [0.05, 0.1) is 4.88 Å². The maximum atomic E-state index is 4.89. The molecule has 0 saturated carbocycles. The number of hydrogen-bond donors (Lipinski definition) is 2. The van der Waals surface area contributed by atoms with Crippen LogP contribution in [0.2, 0.25) is 0 Å². The van der Waals surface area contributed by atoms with Crippen LogP contribution >= 0.6 is 23.6 Å². The second kappa shape index (κ2) is 3.43. The summed E-state index contributed by atoms with van der Waals surface area (Å²) in [6.07, 6.45) is 1.02. The first-order chi connectivity index (χ1) is 6.31. The van der Waals surface area contributed by atoms with E-state index in [9.17, 15) is 0 Å². The molecule has 3 nitrogen and oxygen atoms in total. The average molecular weight is 211 g/mol. The Balaban J connectivity index is 2.51. The van der Waals surface area contributed by atoms with Crippen molar-refractivity contribution in [3.05, 3.63) is 21.8 Å². The lowest BCUT2D eigenvalue weighted by atomic mass is 10.2. The van der Waals surface area contributed by atoms with Gasteiger partial charge >= 0.3 is 0 Å². The molecule has 0 bridgehead atoms. The van der Waals surface area contributed by atoms with Gasteiger partial charge in [-0.25, -0.2) is 0 Å². The fraction of sp³-hybridized carbons (Fsp3) is 0.250. The van der Waals surface area contributed by atoms with Crippen molar-refractivity contribution in [2.24, 2.45) is 0 Å². The van der Waals surface area contributed by atoms with E-state index >= 15 is 0 Å². The Morgan fingerprint density at radius 1 is 1.54 bits per heavy atom. The maximum Gasteiger partial charge on any atom is 0.213 e. The van der Waals surface area contributed by atoms with E-state index in [4.69, 9.17) is 12.2 Å². The highest BCUT2D eigenvalue weighted by Crippen LogP contribution is 2.26. The van der Waals surface area contributed by atoms with Crippen molar-refractivity contribution < 1.29 is 0 Å². The van der Waals surface area contributed by atoms with Gasteiger partial charge in [-0.3, -0.25) is 10.2 Å². The van der Waals surface area contributed by atoms with E-state index < -0.39 is 0 Å². The van der Waals surface area contributed by atoms with Crippen LogP contribution in [-0.2, 0) is 6.42 Å². The number of rotatable bonds is 2. The standard InChI is InChI=1S/C8H9N3S2/c1-2-5-3-4-13-6(5)7-9-8(12)11-10-7/h3-4H,2H2,1H3,(H2,9,10,11,12). The molecule has 0 atom stereocenters. The molecule has 68 valence electrons. The van der Waals surface area contributed by atoms with E-state index in [1.165, 1.54) is 10.4 Å². The molecule has 0 spiro atoms. The van der Waals surface area contributed by atoms with Crippen LogP contribution in [-0.4, -0.2) is 15.2 Å². The summed E-state index contributed by atoms with van der Waals surface area (Å²) in [4.78, 5) is 5.35. The molecule has 0 fully saturated rings. The van der Waals surface area contributed by atoms with E-state index in [1.54, 1.807) is 11.3 Å². The molecule has 0 aliphatic rings. The first kappa shape index (κ1) is 8.65. The van der Waals surface area contributed by atoms with Gasteiger partial charge in [0.1, 0.15) is 0 Å². The highest BCUT2D eigenvalue weighted by molar-refractivity contribution is 7.71. The van der Waals surface area contributed by atoms with Crippen LogP contribution in [0.15, 0.2) is 11.4 Å². The largest absolute Gasteiger partial charge is 0.281 e. The Kier molecular flexibility index (Phi) is 2.28. The normalized spacial score (nSPS) is 10.5. The number of hydrogen-bond acceptors (Lipinski definition) is 3. The molecule has 0 aliphatic heterocycles. The predicted molar refractivity (Wildman–Crippen MR) is 56.5 cm³/mol. The van der Waals surface area contributed by atoms with Gasteiger partial charge in [-0.15, -0.1) is 11.3 Å². The van der Waals surface area contributed by atoms with E-state index in [2.05, 4.69) is 33.6 Å². The predicted octanol–water partition coefficient (Wildman–Crippen LogP) is 2.76. The number of aromatic amines is 2. The molecule has 2 aromatic heterocycles. The van der Waals surface area contributed by atoms with E-state index in [0.717, 1.165) is 12.2 Å². The van der Waals surface area contributed by atoms with Crippen LogP contribution in [0.25, 0.3) is 10.7 Å². The fourth-order valence-electron chi connectivity index (χ4n) is 1.20. The van der Waals surface area contributed by atoms with Crippen molar-refractivity contribution in [3.8, 4) is 10.7 Å². The highest BCUT2D eigenvalue weighted by Gasteiger charge is 2.07. The second-order valence-electron chi connectivity index (χ2n) is 2.64. The number of aromatic nitrogens is 3. The van der Waals surface area contributed by atoms with Gasteiger partial charge < -0.3 is 0 Å². The van der Waals surface area contributed by atoms with E-state index in [-0.39, 0.29) is 0 Å². The number of nitrogens with zero attached hydrogens (tertiary/aromatic N) is 1. The topological polar surface area (TPSA) is 44.5 Å². The molecule has 0 aromatic carbocycles. The minimum atomic E-state index is 0.505. The first-order valence-corrected chi connectivity index (χ1v) is 5.31. The zero-order chi connectivity index (χ0) is 9.26. The summed E-state index contributed by atoms with van der Waals surface area (Å²) in [6.45, 7) is 2.13. The Labute approximate surface area is 84.8 Å². The van der Waals surface area contributed by atoms with Crippen LogP contribution in [0.1, 0.15) is 12.5 Å². The van der Waals surface area contributed by atoms with Crippen molar-refractivity contribution in [2.45, 2.75) is 13.3 Å². The molecule has 5 heteroatoms. The number of aryl methyl sites for hydroxylation is 1. The van der Waals surface area contributed by atoms with Gasteiger partial charge in [0.25, 0.3) is 0 Å². The molecule has 0 unspecified atom stereocenters. The van der Waals surface area contributed by atoms with Gasteiger partial charge in [-0.05, 0) is 35.6 Å². The SMILES string of the molecule is CCc1ccsc1-c1nc(=S)[nH][nH]1. The van der Waals surface area contributed by atoms with Gasteiger partial charge in [0, 0.05) is 0 Å². The third-order valence-electron chi connectivity index (χ3n) is 1.84. The van der Waals surface area contributed by atoms with Crippen LogP contribution in [0, 0.1) is 4.77 Å². The highest BCUT2D eigenvalue weighted by atomic mass is 32.1. The average Bonchev–Trinajstić information content (AvgIpc) is 2.71. The van der Waals surface area contributed by atoms with Crippen LogP contribution in [0.5, 0.6) is 0 Å². The second-order valence-corrected chi connectivity index (χ2v) is 3.95. The van der Waals surface area contributed by atoms with Crippen LogP contribution < -0.4 is 0 Å². The van der Waals surface area contributed by atoms with Gasteiger partial charge in [-0.2, -0.15) is 4.98 Å². The molecule has 13 heavy (non-hydrogen) atoms. The lowest BCUT2D eigenvalue weighted by Crippen LogP contribution is -1.82. The molecule has 0 amide bonds. The van der Waals surface area contributed by atoms with Crippen molar-refractivity contribution in [2.75, 3.05) is 0 Å². The lowest BCUT2D eigenvalue weighted by Gasteiger charge is -1.94. The van der Waals surface area contributed by atoms with Crippen LogP contribution in [0.3, 0.4) is 0 Å². The van der Waals surface area contributed by atoms with Crippen molar-refractivity contribution in [3.63, 3.8) is 0 Å².